The molecule has 0 unspecified atom stereocenters. The van der Waals surface area contributed by atoms with Gasteiger partial charge in [-0.2, -0.15) is 0 Å². The smallest absolute Gasteiger partial charge is 0.149 e. The number of nitrogens with zero attached hydrogens (tertiary/aromatic N) is 1. The molecule has 0 fully saturated rings. The van der Waals surface area contributed by atoms with Crippen molar-refractivity contribution in [3.05, 3.63) is 42.0 Å². The molecule has 0 aliphatic heterocycles. The van der Waals surface area contributed by atoms with Crippen molar-refractivity contribution in [1.29, 1.82) is 0 Å². The average molecular weight is 203 g/mol. The summed E-state index contributed by atoms with van der Waals surface area (Å²) in [6.07, 6.45) is 3.38. The van der Waals surface area contributed by atoms with E-state index in [9.17, 15) is 0 Å². The number of anilines is 2. The Bertz CT molecular complexity index is 451. The van der Waals surface area contributed by atoms with Crippen LogP contribution in [-0.2, 0) is 6.54 Å². The van der Waals surface area contributed by atoms with Gasteiger partial charge in [-0.25, -0.2) is 4.98 Å². The van der Waals surface area contributed by atoms with Gasteiger partial charge in [-0.1, -0.05) is 0 Å². The third-order valence-electron chi connectivity index (χ3n) is 2.25. The van der Waals surface area contributed by atoms with Crippen LogP contribution in [0.3, 0.4) is 0 Å². The minimum atomic E-state index is 0.652. The first-order valence-corrected chi connectivity index (χ1v) is 4.74. The largest absolute Gasteiger partial charge is 0.469 e. The number of nitrogens with one attached hydrogen (secondary N) is 1. The molecule has 0 bridgehead atoms. The van der Waals surface area contributed by atoms with E-state index in [0.717, 1.165) is 11.3 Å². The van der Waals surface area contributed by atoms with Crippen molar-refractivity contribution in [3.63, 3.8) is 0 Å². The lowest BCUT2D eigenvalue weighted by Crippen LogP contribution is -2.04. The average Bonchev–Trinajstić information content (AvgIpc) is 2.63. The summed E-state index contributed by atoms with van der Waals surface area (Å²) in [6, 6.07) is 5.56. The maximum Gasteiger partial charge on any atom is 0.149 e. The van der Waals surface area contributed by atoms with E-state index in [1.165, 1.54) is 0 Å². The third kappa shape index (κ3) is 2.10. The SMILES string of the molecule is Cc1occc1CNc1ncccc1N. The van der Waals surface area contributed by atoms with Crippen LogP contribution in [0.2, 0.25) is 0 Å². The van der Waals surface area contributed by atoms with Crippen molar-refractivity contribution in [1.82, 2.24) is 4.98 Å². The molecule has 0 saturated heterocycles. The van der Waals surface area contributed by atoms with Crippen molar-refractivity contribution in [2.24, 2.45) is 0 Å². The maximum absolute atomic E-state index is 5.75. The van der Waals surface area contributed by atoms with Gasteiger partial charge in [0.15, 0.2) is 0 Å². The molecule has 2 aromatic heterocycles. The zero-order valence-corrected chi connectivity index (χ0v) is 8.53. The second-order valence-corrected chi connectivity index (χ2v) is 3.30. The Kier molecular flexibility index (Phi) is 2.58. The lowest BCUT2D eigenvalue weighted by Gasteiger charge is -2.06. The molecule has 0 atom stereocenters. The molecule has 2 rings (SSSR count). The van der Waals surface area contributed by atoms with Gasteiger partial charge in [0.05, 0.1) is 12.0 Å². The van der Waals surface area contributed by atoms with Crippen molar-refractivity contribution in [3.8, 4) is 0 Å². The molecule has 4 nitrogen and oxygen atoms in total. The van der Waals surface area contributed by atoms with Gasteiger partial charge >= 0.3 is 0 Å². The van der Waals surface area contributed by atoms with E-state index >= 15 is 0 Å². The third-order valence-corrected chi connectivity index (χ3v) is 2.25. The summed E-state index contributed by atoms with van der Waals surface area (Å²) in [5, 5.41) is 3.16. The van der Waals surface area contributed by atoms with Crippen molar-refractivity contribution in [2.45, 2.75) is 13.5 Å². The topological polar surface area (TPSA) is 64.1 Å². The lowest BCUT2D eigenvalue weighted by atomic mass is 10.2. The van der Waals surface area contributed by atoms with Crippen molar-refractivity contribution >= 4 is 11.5 Å². The Morgan fingerprint density at radius 2 is 2.33 bits per heavy atom. The molecule has 4 heteroatoms. The molecule has 0 radical (unpaired) electrons. The van der Waals surface area contributed by atoms with Crippen LogP contribution < -0.4 is 11.1 Å². The minimum absolute atomic E-state index is 0.652. The maximum atomic E-state index is 5.75. The van der Waals surface area contributed by atoms with Crippen LogP contribution in [0.1, 0.15) is 11.3 Å². The highest BCUT2D eigenvalue weighted by molar-refractivity contribution is 5.60. The van der Waals surface area contributed by atoms with E-state index in [-0.39, 0.29) is 0 Å². The molecule has 15 heavy (non-hydrogen) atoms. The van der Waals surface area contributed by atoms with Gasteiger partial charge in [0.25, 0.3) is 0 Å². The predicted molar refractivity (Wildman–Crippen MR) is 59.4 cm³/mol. The molecule has 0 spiro atoms. The molecule has 0 amide bonds. The van der Waals surface area contributed by atoms with E-state index in [2.05, 4.69) is 10.3 Å². The normalized spacial score (nSPS) is 10.2. The van der Waals surface area contributed by atoms with Crippen LogP contribution in [0, 0.1) is 6.92 Å². The van der Waals surface area contributed by atoms with E-state index < -0.39 is 0 Å². The second kappa shape index (κ2) is 4.04. The first-order valence-electron chi connectivity index (χ1n) is 4.74. The molecule has 2 heterocycles. The van der Waals surface area contributed by atoms with Gasteiger partial charge in [-0.15, -0.1) is 0 Å². The van der Waals surface area contributed by atoms with Gasteiger partial charge < -0.3 is 15.5 Å². The first-order chi connectivity index (χ1) is 7.27. The zero-order chi connectivity index (χ0) is 10.7. The van der Waals surface area contributed by atoms with E-state index in [1.54, 1.807) is 12.5 Å². The number of hydrogen-bond donors (Lipinski definition) is 2. The first kappa shape index (κ1) is 9.58. The molecule has 2 aromatic rings. The highest BCUT2D eigenvalue weighted by Crippen LogP contribution is 2.16. The van der Waals surface area contributed by atoms with Gasteiger partial charge in [-0.3, -0.25) is 0 Å². The summed E-state index contributed by atoms with van der Waals surface area (Å²) in [7, 11) is 0. The molecule has 78 valence electrons. The number of hydrogen-bond acceptors (Lipinski definition) is 4. The summed E-state index contributed by atoms with van der Waals surface area (Å²) in [6.45, 7) is 2.60. The number of nitrogen functional groups attached to an aromatic ring is 1. The Morgan fingerprint density at radius 3 is 3.00 bits per heavy atom. The van der Waals surface area contributed by atoms with E-state index in [4.69, 9.17) is 10.2 Å². The molecular formula is C11H13N3O. The quantitative estimate of drug-likeness (QED) is 0.802. The number of nitrogens with two attached hydrogens (primary N) is 1. The number of rotatable bonds is 3. The molecule has 3 N–H and O–H groups in total. The van der Waals surface area contributed by atoms with Crippen LogP contribution in [-0.4, -0.2) is 4.98 Å². The summed E-state index contributed by atoms with van der Waals surface area (Å²) in [4.78, 5) is 4.14. The Labute approximate surface area is 88.1 Å². The van der Waals surface area contributed by atoms with Gasteiger partial charge in [-0.05, 0) is 25.1 Å². The number of pyridine rings is 1. The molecule has 0 saturated carbocycles. The summed E-state index contributed by atoms with van der Waals surface area (Å²) < 4.78 is 5.19. The van der Waals surface area contributed by atoms with Gasteiger partial charge in [0.1, 0.15) is 11.6 Å². The Balaban J connectivity index is 2.06. The molecule has 0 aliphatic rings. The van der Waals surface area contributed by atoms with Crippen LogP contribution in [0.15, 0.2) is 35.1 Å². The summed E-state index contributed by atoms with van der Waals surface area (Å²) >= 11 is 0. The Hall–Kier alpha value is -1.97. The molecule has 0 aliphatic carbocycles. The van der Waals surface area contributed by atoms with Crippen molar-refractivity contribution < 1.29 is 4.42 Å². The number of furan rings is 1. The summed E-state index contributed by atoms with van der Waals surface area (Å²) in [5.74, 6) is 1.62. The summed E-state index contributed by atoms with van der Waals surface area (Å²) in [5.41, 5.74) is 7.51. The highest BCUT2D eigenvalue weighted by atomic mass is 16.3. The molecule has 0 aromatic carbocycles. The fourth-order valence-electron chi connectivity index (χ4n) is 1.34. The van der Waals surface area contributed by atoms with Crippen LogP contribution in [0.25, 0.3) is 0 Å². The second-order valence-electron chi connectivity index (χ2n) is 3.30. The fourth-order valence-corrected chi connectivity index (χ4v) is 1.34. The van der Waals surface area contributed by atoms with Crippen LogP contribution in [0.5, 0.6) is 0 Å². The number of aromatic nitrogens is 1. The monoisotopic (exact) mass is 203 g/mol. The van der Waals surface area contributed by atoms with E-state index in [0.29, 0.717) is 18.1 Å². The molecular weight excluding hydrogens is 190 g/mol. The minimum Gasteiger partial charge on any atom is -0.469 e. The van der Waals surface area contributed by atoms with Gasteiger partial charge in [0.2, 0.25) is 0 Å². The Morgan fingerprint density at radius 1 is 1.47 bits per heavy atom. The highest BCUT2D eigenvalue weighted by Gasteiger charge is 2.02. The number of aryl methyl sites for hydroxylation is 1. The predicted octanol–water partition coefficient (Wildman–Crippen LogP) is 2.18. The van der Waals surface area contributed by atoms with Crippen LogP contribution >= 0.6 is 0 Å². The van der Waals surface area contributed by atoms with E-state index in [1.807, 2.05) is 25.1 Å². The standard InChI is InChI=1S/C11H13N3O/c1-8-9(4-6-15-8)7-14-11-10(12)3-2-5-13-11/h2-6H,7,12H2,1H3,(H,13,14). The zero-order valence-electron chi connectivity index (χ0n) is 8.53. The van der Waals surface area contributed by atoms with Crippen molar-refractivity contribution in [2.75, 3.05) is 11.1 Å². The van der Waals surface area contributed by atoms with Crippen LogP contribution in [0.4, 0.5) is 11.5 Å². The lowest BCUT2D eigenvalue weighted by molar-refractivity contribution is 0.530. The fraction of sp³-hybridized carbons (Fsp3) is 0.182. The van der Waals surface area contributed by atoms with Gasteiger partial charge in [0, 0.05) is 18.3 Å².